The maximum atomic E-state index is 12.8. The Bertz CT molecular complexity index is 321. The number of hydrogen-bond acceptors (Lipinski definition) is 2. The third-order valence-electron chi connectivity index (χ3n) is 2.42. The van der Waals surface area contributed by atoms with Crippen molar-refractivity contribution in [2.24, 2.45) is 0 Å². The number of aryl methyl sites for hydroxylation is 1. The minimum Gasteiger partial charge on any atom is -0.508 e. The van der Waals surface area contributed by atoms with E-state index in [1.165, 1.54) is 18.2 Å². The van der Waals surface area contributed by atoms with Crippen LogP contribution < -0.4 is 0 Å². The first-order valence-corrected chi connectivity index (χ1v) is 4.85. The maximum Gasteiger partial charge on any atom is 0.123 e. The molecule has 1 saturated heterocycles. The Morgan fingerprint density at radius 3 is 3.00 bits per heavy atom. The zero-order chi connectivity index (χ0) is 9.97. The summed E-state index contributed by atoms with van der Waals surface area (Å²) in [4.78, 5) is 0. The molecule has 0 unspecified atom stereocenters. The van der Waals surface area contributed by atoms with E-state index in [1.54, 1.807) is 0 Å². The molecule has 3 heteroatoms. The zero-order valence-electron chi connectivity index (χ0n) is 7.87. The number of halogens is 1. The monoisotopic (exact) mass is 196 g/mol. The number of phenols is 1. The van der Waals surface area contributed by atoms with Crippen LogP contribution in [0.2, 0.25) is 0 Å². The molecular weight excluding hydrogens is 183 g/mol. The van der Waals surface area contributed by atoms with Crippen molar-refractivity contribution >= 4 is 0 Å². The number of hydrogen-bond donors (Lipinski definition) is 1. The predicted octanol–water partition coefficient (Wildman–Crippen LogP) is 2.25. The zero-order valence-corrected chi connectivity index (χ0v) is 7.87. The molecule has 1 heterocycles. The van der Waals surface area contributed by atoms with Crippen molar-refractivity contribution in [2.75, 3.05) is 6.61 Å². The Labute approximate surface area is 82.3 Å². The van der Waals surface area contributed by atoms with Gasteiger partial charge in [-0.2, -0.15) is 0 Å². The van der Waals surface area contributed by atoms with Crippen molar-refractivity contribution < 1.29 is 14.2 Å². The van der Waals surface area contributed by atoms with Crippen LogP contribution in [0.25, 0.3) is 0 Å². The van der Waals surface area contributed by atoms with Gasteiger partial charge in [-0.25, -0.2) is 4.39 Å². The molecule has 14 heavy (non-hydrogen) atoms. The van der Waals surface area contributed by atoms with E-state index in [0.717, 1.165) is 19.4 Å². The van der Waals surface area contributed by atoms with Gasteiger partial charge in [-0.1, -0.05) is 0 Å². The van der Waals surface area contributed by atoms with E-state index < -0.39 is 0 Å². The van der Waals surface area contributed by atoms with Crippen molar-refractivity contribution in [3.63, 3.8) is 0 Å². The van der Waals surface area contributed by atoms with Crippen LogP contribution in [0.3, 0.4) is 0 Å². The molecule has 2 nitrogen and oxygen atoms in total. The SMILES string of the molecule is Oc1ccc(F)cc1CCC[C@@H]1CO1. The summed E-state index contributed by atoms with van der Waals surface area (Å²) in [5.74, 6) is -0.108. The normalized spacial score (nSPS) is 19.6. The summed E-state index contributed by atoms with van der Waals surface area (Å²) in [6.45, 7) is 0.856. The number of rotatable bonds is 4. The maximum absolute atomic E-state index is 12.8. The summed E-state index contributed by atoms with van der Waals surface area (Å²) >= 11 is 0. The van der Waals surface area contributed by atoms with Gasteiger partial charge in [0.15, 0.2) is 0 Å². The van der Waals surface area contributed by atoms with Gasteiger partial charge in [-0.3, -0.25) is 0 Å². The Hall–Kier alpha value is -1.09. The summed E-state index contributed by atoms with van der Waals surface area (Å²) in [5, 5.41) is 9.42. The highest BCUT2D eigenvalue weighted by Gasteiger charge is 2.21. The quantitative estimate of drug-likeness (QED) is 0.749. The molecule has 76 valence electrons. The second-order valence-electron chi connectivity index (χ2n) is 3.62. The second kappa shape index (κ2) is 3.96. The average Bonchev–Trinajstić information content (AvgIpc) is 2.95. The minimum absolute atomic E-state index is 0.183. The van der Waals surface area contributed by atoms with Crippen LogP contribution in [0, 0.1) is 5.82 Å². The molecule has 0 radical (unpaired) electrons. The first kappa shape index (κ1) is 9.46. The fraction of sp³-hybridized carbons (Fsp3) is 0.455. The van der Waals surface area contributed by atoms with Crippen LogP contribution in [-0.4, -0.2) is 17.8 Å². The van der Waals surface area contributed by atoms with Gasteiger partial charge in [0.1, 0.15) is 11.6 Å². The van der Waals surface area contributed by atoms with Gasteiger partial charge in [0.25, 0.3) is 0 Å². The van der Waals surface area contributed by atoms with E-state index in [2.05, 4.69) is 0 Å². The molecule has 0 bridgehead atoms. The number of ether oxygens (including phenoxy) is 1. The van der Waals surface area contributed by atoms with Crippen LogP contribution in [0.15, 0.2) is 18.2 Å². The molecule has 0 spiro atoms. The summed E-state index contributed by atoms with van der Waals surface area (Å²) in [6.07, 6.45) is 3.05. The van der Waals surface area contributed by atoms with E-state index in [9.17, 15) is 9.50 Å². The lowest BCUT2D eigenvalue weighted by Gasteiger charge is -2.03. The van der Waals surface area contributed by atoms with E-state index in [1.807, 2.05) is 0 Å². The Morgan fingerprint density at radius 1 is 1.50 bits per heavy atom. The summed E-state index contributed by atoms with van der Waals surface area (Å²) in [5.41, 5.74) is 0.686. The molecule has 1 N–H and O–H groups in total. The van der Waals surface area contributed by atoms with Crippen LogP contribution in [-0.2, 0) is 11.2 Å². The van der Waals surface area contributed by atoms with Crippen molar-refractivity contribution in [1.82, 2.24) is 0 Å². The largest absolute Gasteiger partial charge is 0.508 e. The predicted molar refractivity (Wildman–Crippen MR) is 50.7 cm³/mol. The van der Waals surface area contributed by atoms with Gasteiger partial charge in [0.05, 0.1) is 12.7 Å². The molecule has 0 saturated carbocycles. The number of epoxide rings is 1. The number of benzene rings is 1. The average molecular weight is 196 g/mol. The summed E-state index contributed by atoms with van der Waals surface area (Å²) < 4.78 is 17.9. The Kier molecular flexibility index (Phi) is 2.68. The molecule has 0 amide bonds. The lowest BCUT2D eigenvalue weighted by atomic mass is 10.1. The fourth-order valence-electron chi connectivity index (χ4n) is 1.51. The van der Waals surface area contributed by atoms with E-state index in [4.69, 9.17) is 4.74 Å². The van der Waals surface area contributed by atoms with Gasteiger partial charge in [-0.15, -0.1) is 0 Å². The third kappa shape index (κ3) is 2.45. The molecule has 1 fully saturated rings. The van der Waals surface area contributed by atoms with Crippen molar-refractivity contribution in [2.45, 2.75) is 25.4 Å². The van der Waals surface area contributed by atoms with Gasteiger partial charge in [-0.05, 0) is 43.0 Å². The molecule has 1 aromatic rings. The highest BCUT2D eigenvalue weighted by atomic mass is 19.1. The van der Waals surface area contributed by atoms with Gasteiger partial charge >= 0.3 is 0 Å². The first-order valence-electron chi connectivity index (χ1n) is 4.85. The van der Waals surface area contributed by atoms with Crippen LogP contribution in [0.5, 0.6) is 5.75 Å². The van der Waals surface area contributed by atoms with Crippen LogP contribution >= 0.6 is 0 Å². The molecule has 0 aliphatic carbocycles. The standard InChI is InChI=1S/C11H13FO2/c12-9-4-5-11(13)8(6-9)2-1-3-10-7-14-10/h4-6,10,13H,1-3,7H2/t10-/m1/s1. The second-order valence-corrected chi connectivity index (χ2v) is 3.62. The number of aromatic hydroxyl groups is 1. The molecule has 2 rings (SSSR count). The topological polar surface area (TPSA) is 32.8 Å². The van der Waals surface area contributed by atoms with Crippen LogP contribution in [0.1, 0.15) is 18.4 Å². The number of phenolic OH excluding ortho intramolecular Hbond substituents is 1. The van der Waals surface area contributed by atoms with Gasteiger partial charge in [0, 0.05) is 0 Å². The minimum atomic E-state index is -0.291. The van der Waals surface area contributed by atoms with E-state index in [-0.39, 0.29) is 11.6 Å². The summed E-state index contributed by atoms with van der Waals surface area (Å²) in [7, 11) is 0. The van der Waals surface area contributed by atoms with E-state index >= 15 is 0 Å². The first-order chi connectivity index (χ1) is 6.75. The molecular formula is C11H13FO2. The molecule has 1 aliphatic rings. The highest BCUT2D eigenvalue weighted by Crippen LogP contribution is 2.22. The van der Waals surface area contributed by atoms with Gasteiger partial charge < -0.3 is 9.84 Å². The van der Waals surface area contributed by atoms with E-state index in [0.29, 0.717) is 18.1 Å². The molecule has 1 aliphatic heterocycles. The third-order valence-corrected chi connectivity index (χ3v) is 2.42. The van der Waals surface area contributed by atoms with Crippen molar-refractivity contribution in [3.05, 3.63) is 29.6 Å². The Morgan fingerprint density at radius 2 is 2.29 bits per heavy atom. The van der Waals surface area contributed by atoms with Crippen LogP contribution in [0.4, 0.5) is 4.39 Å². The fourth-order valence-corrected chi connectivity index (χ4v) is 1.51. The summed E-state index contributed by atoms with van der Waals surface area (Å²) in [6, 6.07) is 4.06. The lowest BCUT2D eigenvalue weighted by molar-refractivity contribution is 0.390. The lowest BCUT2D eigenvalue weighted by Crippen LogP contribution is -1.91. The van der Waals surface area contributed by atoms with Gasteiger partial charge in [0.2, 0.25) is 0 Å². The Balaban J connectivity index is 1.89. The smallest absolute Gasteiger partial charge is 0.123 e. The molecule has 1 aromatic carbocycles. The van der Waals surface area contributed by atoms with Crippen molar-refractivity contribution in [3.8, 4) is 5.75 Å². The highest BCUT2D eigenvalue weighted by molar-refractivity contribution is 5.32. The molecule has 0 aromatic heterocycles. The molecule has 1 atom stereocenters. The van der Waals surface area contributed by atoms with Crippen molar-refractivity contribution in [1.29, 1.82) is 0 Å².